The van der Waals surface area contributed by atoms with Crippen molar-refractivity contribution in [2.75, 3.05) is 18.1 Å². The lowest BCUT2D eigenvalue weighted by molar-refractivity contribution is -0.154. The fourth-order valence-electron chi connectivity index (χ4n) is 1.63. The van der Waals surface area contributed by atoms with Crippen molar-refractivity contribution >= 4 is 17.6 Å². The van der Waals surface area contributed by atoms with E-state index in [-0.39, 0.29) is 24.8 Å². The molecule has 90 valence electrons. The quantitative estimate of drug-likeness (QED) is 0.767. The van der Waals surface area contributed by atoms with Crippen molar-refractivity contribution in [3.63, 3.8) is 0 Å². The summed E-state index contributed by atoms with van der Waals surface area (Å²) in [6.07, 6.45) is -1.03. The molecule has 17 heavy (non-hydrogen) atoms. The number of aliphatic carboxylic acids is 1. The number of phenolic OH excluding ortho intramolecular Hbond substituents is 1. The fraction of sp³-hybridized carbons (Fsp3) is 0.273. The lowest BCUT2D eigenvalue weighted by atomic mass is 10.2. The van der Waals surface area contributed by atoms with Gasteiger partial charge in [0.15, 0.2) is 6.10 Å². The summed E-state index contributed by atoms with van der Waals surface area (Å²) in [4.78, 5) is 23.7. The first kappa shape index (κ1) is 11.4. The molecule has 0 aliphatic carbocycles. The maximum absolute atomic E-state index is 11.6. The van der Waals surface area contributed by atoms with Crippen molar-refractivity contribution < 1.29 is 24.5 Å². The van der Waals surface area contributed by atoms with E-state index in [0.29, 0.717) is 5.69 Å². The molecule has 6 nitrogen and oxygen atoms in total. The van der Waals surface area contributed by atoms with Gasteiger partial charge >= 0.3 is 5.97 Å². The molecule has 1 amide bonds. The standard InChI is InChI=1S/C11H11NO5/c13-8-3-1-2-7(4-8)12-5-9(11(15)16)17-6-10(12)14/h1-4,9,13H,5-6H2,(H,15,16). The number of rotatable bonds is 2. The number of carbonyl (C=O) groups is 2. The summed E-state index contributed by atoms with van der Waals surface area (Å²) < 4.78 is 4.88. The Morgan fingerprint density at radius 1 is 1.47 bits per heavy atom. The first-order chi connectivity index (χ1) is 8.08. The Hall–Kier alpha value is -2.08. The Morgan fingerprint density at radius 3 is 2.88 bits per heavy atom. The van der Waals surface area contributed by atoms with Gasteiger partial charge in [-0.1, -0.05) is 6.07 Å². The zero-order valence-electron chi connectivity index (χ0n) is 8.87. The molecular formula is C11H11NO5. The van der Waals surface area contributed by atoms with Crippen LogP contribution in [0.2, 0.25) is 0 Å². The van der Waals surface area contributed by atoms with E-state index in [4.69, 9.17) is 9.84 Å². The van der Waals surface area contributed by atoms with Crippen molar-refractivity contribution in [1.82, 2.24) is 0 Å². The van der Waals surface area contributed by atoms with Crippen LogP contribution in [-0.2, 0) is 14.3 Å². The predicted molar refractivity (Wildman–Crippen MR) is 57.8 cm³/mol. The van der Waals surface area contributed by atoms with Gasteiger partial charge < -0.3 is 19.8 Å². The number of ether oxygens (including phenoxy) is 1. The van der Waals surface area contributed by atoms with Crippen LogP contribution in [0.1, 0.15) is 0 Å². The van der Waals surface area contributed by atoms with E-state index in [9.17, 15) is 14.7 Å². The Bertz CT molecular complexity index is 459. The van der Waals surface area contributed by atoms with Gasteiger partial charge in [0.2, 0.25) is 0 Å². The number of anilines is 1. The third kappa shape index (κ3) is 2.36. The molecule has 0 radical (unpaired) electrons. The Labute approximate surface area is 97.0 Å². The maximum atomic E-state index is 11.6. The molecule has 1 aliphatic rings. The number of hydrogen-bond donors (Lipinski definition) is 2. The van der Waals surface area contributed by atoms with Gasteiger partial charge in [-0.05, 0) is 12.1 Å². The third-order valence-electron chi connectivity index (χ3n) is 2.47. The first-order valence-electron chi connectivity index (χ1n) is 5.02. The van der Waals surface area contributed by atoms with E-state index < -0.39 is 12.1 Å². The zero-order valence-corrected chi connectivity index (χ0v) is 8.87. The molecule has 2 N–H and O–H groups in total. The van der Waals surface area contributed by atoms with Crippen molar-refractivity contribution in [2.24, 2.45) is 0 Å². The first-order valence-corrected chi connectivity index (χ1v) is 5.02. The number of phenols is 1. The van der Waals surface area contributed by atoms with Crippen molar-refractivity contribution in [3.8, 4) is 5.75 Å². The van der Waals surface area contributed by atoms with Crippen LogP contribution in [0.25, 0.3) is 0 Å². The fourth-order valence-corrected chi connectivity index (χ4v) is 1.63. The average Bonchev–Trinajstić information content (AvgIpc) is 2.29. The van der Waals surface area contributed by atoms with Crippen LogP contribution < -0.4 is 4.90 Å². The number of morpholine rings is 1. The number of carboxylic acid groups (broad SMARTS) is 1. The molecule has 0 saturated carbocycles. The maximum Gasteiger partial charge on any atom is 0.334 e. The van der Waals surface area contributed by atoms with Crippen molar-refractivity contribution in [2.45, 2.75) is 6.10 Å². The Morgan fingerprint density at radius 2 is 2.24 bits per heavy atom. The van der Waals surface area contributed by atoms with E-state index in [2.05, 4.69) is 0 Å². The molecule has 0 aromatic heterocycles. The molecule has 1 aromatic carbocycles. The highest BCUT2D eigenvalue weighted by Gasteiger charge is 2.31. The largest absolute Gasteiger partial charge is 0.508 e. The van der Waals surface area contributed by atoms with Crippen molar-refractivity contribution in [1.29, 1.82) is 0 Å². The molecule has 2 rings (SSSR count). The summed E-state index contributed by atoms with van der Waals surface area (Å²) in [6.45, 7) is -0.329. The monoisotopic (exact) mass is 237 g/mol. The molecule has 1 aliphatic heterocycles. The molecular weight excluding hydrogens is 226 g/mol. The smallest absolute Gasteiger partial charge is 0.334 e. The molecule has 0 bridgehead atoms. The van der Waals surface area contributed by atoms with Gasteiger partial charge in [-0.15, -0.1) is 0 Å². The van der Waals surface area contributed by atoms with Gasteiger partial charge in [-0.2, -0.15) is 0 Å². The van der Waals surface area contributed by atoms with Gasteiger partial charge in [0.25, 0.3) is 5.91 Å². The highest BCUT2D eigenvalue weighted by molar-refractivity contribution is 5.96. The molecule has 6 heteroatoms. The second-order valence-corrected chi connectivity index (χ2v) is 3.66. The number of nitrogens with zero attached hydrogens (tertiary/aromatic N) is 1. The Balaban J connectivity index is 2.23. The second kappa shape index (κ2) is 4.42. The van der Waals surface area contributed by atoms with Gasteiger partial charge in [0.1, 0.15) is 12.4 Å². The van der Waals surface area contributed by atoms with Crippen LogP contribution in [-0.4, -0.2) is 41.3 Å². The van der Waals surface area contributed by atoms with E-state index in [1.54, 1.807) is 12.1 Å². The second-order valence-electron chi connectivity index (χ2n) is 3.66. The van der Waals surface area contributed by atoms with Crippen LogP contribution in [0.15, 0.2) is 24.3 Å². The minimum absolute atomic E-state index is 0.0219. The molecule has 1 saturated heterocycles. The number of aromatic hydroxyl groups is 1. The van der Waals surface area contributed by atoms with Gasteiger partial charge in [0.05, 0.1) is 6.54 Å². The topological polar surface area (TPSA) is 87.1 Å². The predicted octanol–water partition coefficient (Wildman–Crippen LogP) is 0.209. The SMILES string of the molecule is O=C(O)C1CN(c2cccc(O)c2)C(=O)CO1. The normalized spacial score (nSPS) is 20.4. The number of carboxylic acids is 1. The zero-order chi connectivity index (χ0) is 12.4. The summed E-state index contributed by atoms with van der Waals surface area (Å²) in [6, 6.07) is 6.09. The highest BCUT2D eigenvalue weighted by Crippen LogP contribution is 2.22. The molecule has 1 unspecified atom stereocenters. The van der Waals surface area contributed by atoms with Crippen LogP contribution in [0.4, 0.5) is 5.69 Å². The molecule has 1 heterocycles. The Kier molecular flexibility index (Phi) is 2.97. The third-order valence-corrected chi connectivity index (χ3v) is 2.47. The molecule has 0 spiro atoms. The molecule has 1 atom stereocenters. The van der Waals surface area contributed by atoms with Crippen LogP contribution >= 0.6 is 0 Å². The summed E-state index contributed by atoms with van der Waals surface area (Å²) in [7, 11) is 0. The lowest BCUT2D eigenvalue weighted by Gasteiger charge is -2.30. The van der Waals surface area contributed by atoms with E-state index in [1.807, 2.05) is 0 Å². The van der Waals surface area contributed by atoms with Crippen LogP contribution in [0.3, 0.4) is 0 Å². The average molecular weight is 237 g/mol. The number of hydrogen-bond acceptors (Lipinski definition) is 4. The minimum Gasteiger partial charge on any atom is -0.508 e. The summed E-state index contributed by atoms with van der Waals surface area (Å²) in [5, 5.41) is 18.2. The van der Waals surface area contributed by atoms with E-state index in [1.165, 1.54) is 17.0 Å². The van der Waals surface area contributed by atoms with Crippen LogP contribution in [0.5, 0.6) is 5.75 Å². The van der Waals surface area contributed by atoms with E-state index >= 15 is 0 Å². The van der Waals surface area contributed by atoms with Gasteiger partial charge in [-0.25, -0.2) is 4.79 Å². The lowest BCUT2D eigenvalue weighted by Crippen LogP contribution is -2.49. The number of benzene rings is 1. The van der Waals surface area contributed by atoms with Gasteiger partial charge in [-0.3, -0.25) is 4.79 Å². The molecule has 1 aromatic rings. The van der Waals surface area contributed by atoms with Crippen molar-refractivity contribution in [3.05, 3.63) is 24.3 Å². The van der Waals surface area contributed by atoms with Gasteiger partial charge in [0, 0.05) is 11.8 Å². The summed E-state index contributed by atoms with van der Waals surface area (Å²) >= 11 is 0. The minimum atomic E-state index is -1.11. The number of carbonyl (C=O) groups excluding carboxylic acids is 1. The highest BCUT2D eigenvalue weighted by atomic mass is 16.5. The van der Waals surface area contributed by atoms with E-state index in [0.717, 1.165) is 0 Å². The summed E-state index contributed by atoms with van der Waals surface area (Å²) in [5.41, 5.74) is 0.463. The molecule has 1 fully saturated rings. The summed E-state index contributed by atoms with van der Waals surface area (Å²) in [5.74, 6) is -1.41. The van der Waals surface area contributed by atoms with Crippen LogP contribution in [0, 0.1) is 0 Å². The number of amides is 1.